The molecule has 0 amide bonds. The first-order chi connectivity index (χ1) is 14.6. The molecule has 158 valence electrons. The third-order valence-electron chi connectivity index (χ3n) is 6.08. The summed E-state index contributed by atoms with van der Waals surface area (Å²) in [6.45, 7) is 2.28. The van der Waals surface area contributed by atoms with Gasteiger partial charge in [-0.3, -0.25) is 4.79 Å². The van der Waals surface area contributed by atoms with E-state index in [0.717, 1.165) is 24.0 Å². The molecule has 4 atom stereocenters. The number of hydrogen-bond donors (Lipinski definition) is 0. The van der Waals surface area contributed by atoms with Crippen molar-refractivity contribution in [2.75, 3.05) is 13.2 Å². The van der Waals surface area contributed by atoms with Crippen LogP contribution in [-0.4, -0.2) is 43.3 Å². The summed E-state index contributed by atoms with van der Waals surface area (Å²) in [4.78, 5) is 12.0. The van der Waals surface area contributed by atoms with Crippen LogP contribution in [0.3, 0.4) is 0 Å². The summed E-state index contributed by atoms with van der Waals surface area (Å²) in [5, 5.41) is 0. The maximum atomic E-state index is 12.0. The Labute approximate surface area is 176 Å². The van der Waals surface area contributed by atoms with Gasteiger partial charge in [0.05, 0.1) is 13.2 Å². The Morgan fingerprint density at radius 2 is 1.60 bits per heavy atom. The van der Waals surface area contributed by atoms with Crippen LogP contribution in [0.25, 0.3) is 0 Å². The van der Waals surface area contributed by atoms with Crippen molar-refractivity contribution in [1.29, 1.82) is 0 Å². The lowest BCUT2D eigenvalue weighted by atomic mass is 9.91. The highest BCUT2D eigenvalue weighted by Gasteiger charge is 2.63. The molecule has 4 unspecified atom stereocenters. The van der Waals surface area contributed by atoms with Crippen LogP contribution in [0.5, 0.6) is 0 Å². The maximum Gasteiger partial charge on any atom is 0.303 e. The molecule has 6 heteroatoms. The van der Waals surface area contributed by atoms with Gasteiger partial charge in [0.2, 0.25) is 11.6 Å². The van der Waals surface area contributed by atoms with Crippen LogP contribution >= 0.6 is 0 Å². The Bertz CT molecular complexity index is 838. The molecule has 3 heterocycles. The Balaban J connectivity index is 1.57. The minimum Gasteiger partial charge on any atom is -0.454 e. The Hall–Kier alpha value is -2.25. The first kappa shape index (κ1) is 19.7. The van der Waals surface area contributed by atoms with E-state index in [4.69, 9.17) is 23.7 Å². The molecule has 5 rings (SSSR count). The zero-order valence-corrected chi connectivity index (χ0v) is 17.0. The molecule has 0 N–H and O–H groups in total. The van der Waals surface area contributed by atoms with E-state index in [2.05, 4.69) is 0 Å². The number of fused-ring (bicyclic) bond motifs is 1. The van der Waals surface area contributed by atoms with E-state index in [-0.39, 0.29) is 0 Å². The van der Waals surface area contributed by atoms with Crippen LogP contribution in [0.1, 0.15) is 37.3 Å². The van der Waals surface area contributed by atoms with Gasteiger partial charge < -0.3 is 23.7 Å². The largest absolute Gasteiger partial charge is 0.454 e. The van der Waals surface area contributed by atoms with Gasteiger partial charge in [0, 0.05) is 24.5 Å². The molecule has 0 saturated carbocycles. The summed E-state index contributed by atoms with van der Waals surface area (Å²) in [5.74, 6) is -2.49. The number of hydrogen-bond acceptors (Lipinski definition) is 6. The first-order valence-electron chi connectivity index (χ1n) is 10.5. The van der Waals surface area contributed by atoms with Crippen LogP contribution in [-0.2, 0) is 34.3 Å². The van der Waals surface area contributed by atoms with Crippen LogP contribution < -0.4 is 0 Å². The molecule has 0 bridgehead atoms. The zero-order chi connectivity index (χ0) is 20.6. The molecular weight excluding hydrogens is 384 g/mol. The number of rotatable bonds is 3. The topological polar surface area (TPSA) is 63.2 Å². The van der Waals surface area contributed by atoms with E-state index in [9.17, 15) is 4.79 Å². The van der Waals surface area contributed by atoms with Crippen molar-refractivity contribution in [3.63, 3.8) is 0 Å². The van der Waals surface area contributed by atoms with Gasteiger partial charge in [0.25, 0.3) is 0 Å². The summed E-state index contributed by atoms with van der Waals surface area (Å²) >= 11 is 0. The highest BCUT2D eigenvalue weighted by molar-refractivity contribution is 5.66. The van der Waals surface area contributed by atoms with Gasteiger partial charge >= 0.3 is 5.97 Å². The second-order valence-electron chi connectivity index (χ2n) is 8.05. The summed E-state index contributed by atoms with van der Waals surface area (Å²) in [6.07, 6.45) is 0.941. The fourth-order valence-electron chi connectivity index (χ4n) is 4.74. The average molecular weight is 410 g/mol. The number of carbonyl (C=O) groups excluding carboxylic acids is 1. The standard InChI is InChI=1S/C24H26O6/c1-17(25)28-22-21-20(16-27-23(22)14-8-9-15-26-23)29-24(30-21,18-10-4-2-5-11-18)19-12-6-3-7-13-19/h2-7,10-13,20-22H,8-9,14-16H2,1H3. The van der Waals surface area contributed by atoms with Gasteiger partial charge in [0.1, 0.15) is 12.2 Å². The minimum absolute atomic E-state index is 0.309. The highest BCUT2D eigenvalue weighted by atomic mass is 16.8. The lowest BCUT2D eigenvalue weighted by Gasteiger charge is -2.47. The van der Waals surface area contributed by atoms with Crippen molar-refractivity contribution in [2.24, 2.45) is 0 Å². The summed E-state index contributed by atoms with van der Waals surface area (Å²) in [7, 11) is 0. The lowest BCUT2D eigenvalue weighted by molar-refractivity contribution is -0.340. The average Bonchev–Trinajstić information content (AvgIpc) is 3.19. The molecule has 3 saturated heterocycles. The van der Waals surface area contributed by atoms with Crippen LogP contribution in [0.4, 0.5) is 0 Å². The molecule has 3 aliphatic heterocycles. The molecule has 6 nitrogen and oxygen atoms in total. The quantitative estimate of drug-likeness (QED) is 0.722. The normalized spacial score (nSPS) is 32.5. The second kappa shape index (κ2) is 7.78. The van der Waals surface area contributed by atoms with Gasteiger partial charge in [-0.05, 0) is 12.8 Å². The van der Waals surface area contributed by atoms with Crippen LogP contribution in [0.2, 0.25) is 0 Å². The lowest BCUT2D eigenvalue weighted by Crippen LogP contribution is -2.63. The van der Waals surface area contributed by atoms with E-state index < -0.39 is 35.9 Å². The third-order valence-corrected chi connectivity index (χ3v) is 6.08. The summed E-state index contributed by atoms with van der Waals surface area (Å²) < 4.78 is 31.3. The van der Waals surface area contributed by atoms with Crippen molar-refractivity contribution in [1.82, 2.24) is 0 Å². The van der Waals surface area contributed by atoms with Gasteiger partial charge in [0.15, 0.2) is 6.10 Å². The van der Waals surface area contributed by atoms with Crippen LogP contribution in [0, 0.1) is 0 Å². The van der Waals surface area contributed by atoms with E-state index >= 15 is 0 Å². The predicted molar refractivity (Wildman–Crippen MR) is 107 cm³/mol. The van der Waals surface area contributed by atoms with Gasteiger partial charge in [-0.2, -0.15) is 0 Å². The molecule has 0 radical (unpaired) electrons. The Morgan fingerprint density at radius 1 is 0.933 bits per heavy atom. The molecule has 0 aromatic heterocycles. The van der Waals surface area contributed by atoms with Gasteiger partial charge in [-0.25, -0.2) is 0 Å². The van der Waals surface area contributed by atoms with Gasteiger partial charge in [-0.15, -0.1) is 0 Å². The number of carbonyl (C=O) groups is 1. The molecule has 3 fully saturated rings. The predicted octanol–water partition coefficient (Wildman–Crippen LogP) is 3.53. The van der Waals surface area contributed by atoms with E-state index in [1.54, 1.807) is 0 Å². The third kappa shape index (κ3) is 3.24. The number of benzene rings is 2. The summed E-state index contributed by atoms with van der Waals surface area (Å²) in [6, 6.07) is 19.7. The molecule has 1 spiro atoms. The van der Waals surface area contributed by atoms with E-state index in [1.165, 1.54) is 6.92 Å². The van der Waals surface area contributed by atoms with E-state index in [1.807, 2.05) is 60.7 Å². The Morgan fingerprint density at radius 3 is 2.17 bits per heavy atom. The molecule has 2 aromatic carbocycles. The number of ether oxygens (including phenoxy) is 5. The highest BCUT2D eigenvalue weighted by Crippen LogP contribution is 2.49. The van der Waals surface area contributed by atoms with Crippen molar-refractivity contribution in [2.45, 2.75) is 56.1 Å². The molecule has 0 aliphatic carbocycles. The van der Waals surface area contributed by atoms with Crippen molar-refractivity contribution >= 4 is 5.97 Å². The maximum absolute atomic E-state index is 12.0. The smallest absolute Gasteiger partial charge is 0.303 e. The second-order valence-corrected chi connectivity index (χ2v) is 8.05. The Kier molecular flexibility index (Phi) is 5.11. The minimum atomic E-state index is -1.11. The van der Waals surface area contributed by atoms with Crippen molar-refractivity contribution in [3.8, 4) is 0 Å². The fourth-order valence-corrected chi connectivity index (χ4v) is 4.74. The first-order valence-corrected chi connectivity index (χ1v) is 10.5. The molecule has 2 aromatic rings. The van der Waals surface area contributed by atoms with E-state index in [0.29, 0.717) is 19.6 Å². The SMILES string of the molecule is CC(=O)OC1C2OC(c3ccccc3)(c3ccccc3)OC2COC12CCCCO2. The fraction of sp³-hybridized carbons (Fsp3) is 0.458. The number of esters is 1. The molecule has 30 heavy (non-hydrogen) atoms. The monoisotopic (exact) mass is 410 g/mol. The zero-order valence-electron chi connectivity index (χ0n) is 17.0. The summed E-state index contributed by atoms with van der Waals surface area (Å²) in [5.41, 5.74) is 1.76. The van der Waals surface area contributed by atoms with Crippen LogP contribution in [0.15, 0.2) is 60.7 Å². The molecular formula is C24H26O6. The van der Waals surface area contributed by atoms with Crippen molar-refractivity contribution < 1.29 is 28.5 Å². The van der Waals surface area contributed by atoms with Gasteiger partial charge in [-0.1, -0.05) is 60.7 Å². The van der Waals surface area contributed by atoms with Crippen molar-refractivity contribution in [3.05, 3.63) is 71.8 Å². The molecule has 3 aliphatic rings.